The highest BCUT2D eigenvalue weighted by molar-refractivity contribution is 5.88. The highest BCUT2D eigenvalue weighted by Crippen LogP contribution is 2.34. The van der Waals surface area contributed by atoms with Gasteiger partial charge in [0.15, 0.2) is 0 Å². The number of carbonyl (C=O) groups excluding carboxylic acids is 2. The molecule has 0 heterocycles. The maximum absolute atomic E-state index is 11.5. The quantitative estimate of drug-likeness (QED) is 0.565. The van der Waals surface area contributed by atoms with Crippen molar-refractivity contribution in [3.63, 3.8) is 0 Å². The fraction of sp³-hybridized carbons (Fsp3) is 0.200. The molecule has 0 aromatic heterocycles. The van der Waals surface area contributed by atoms with Crippen molar-refractivity contribution in [3.8, 4) is 0 Å². The van der Waals surface area contributed by atoms with Crippen LogP contribution in [0.1, 0.15) is 17.0 Å². The van der Waals surface area contributed by atoms with Crippen molar-refractivity contribution in [2.24, 2.45) is 5.73 Å². The Hall–Kier alpha value is -2.04. The molecule has 0 aliphatic heterocycles. The van der Waals surface area contributed by atoms with E-state index < -0.39 is 6.03 Å². The highest BCUT2D eigenvalue weighted by Gasteiger charge is 2.31. The lowest BCUT2D eigenvalue weighted by atomic mass is 9.77. The van der Waals surface area contributed by atoms with E-state index in [0.717, 1.165) is 5.56 Å². The monoisotopic (exact) mass is 205 g/mol. The number of primary amides is 1. The van der Waals surface area contributed by atoms with Gasteiger partial charge in [0, 0.05) is 0 Å². The van der Waals surface area contributed by atoms with E-state index in [9.17, 15) is 9.59 Å². The van der Waals surface area contributed by atoms with Gasteiger partial charge in [-0.05, 0) is 17.5 Å². The molecule has 78 valence electrons. The predicted octanol–water partition coefficient (Wildman–Crippen LogP) is 0.0258. The summed E-state index contributed by atoms with van der Waals surface area (Å²) in [5.74, 6) is -0.402. The van der Waals surface area contributed by atoms with Crippen LogP contribution in [0.4, 0.5) is 4.79 Å². The number of hydrogen-bond donors (Lipinski definition) is 3. The second-order valence-electron chi connectivity index (χ2n) is 3.43. The summed E-state index contributed by atoms with van der Waals surface area (Å²) in [6, 6.07) is 6.96. The fourth-order valence-corrected chi connectivity index (χ4v) is 1.70. The first-order valence-corrected chi connectivity index (χ1v) is 4.61. The Balaban J connectivity index is 1.98. The lowest BCUT2D eigenvalue weighted by Gasteiger charge is -2.28. The molecular formula is C10H11N3O2. The molecular weight excluding hydrogens is 194 g/mol. The number of benzene rings is 1. The van der Waals surface area contributed by atoms with Gasteiger partial charge >= 0.3 is 6.03 Å². The predicted molar refractivity (Wildman–Crippen MR) is 53.7 cm³/mol. The van der Waals surface area contributed by atoms with E-state index in [4.69, 9.17) is 5.73 Å². The van der Waals surface area contributed by atoms with E-state index in [1.54, 1.807) is 0 Å². The summed E-state index contributed by atoms with van der Waals surface area (Å²) in [4.78, 5) is 21.9. The summed E-state index contributed by atoms with van der Waals surface area (Å²) in [5.41, 5.74) is 11.3. The average Bonchev–Trinajstić information content (AvgIpc) is 2.17. The summed E-state index contributed by atoms with van der Waals surface area (Å²) in [7, 11) is 0. The van der Waals surface area contributed by atoms with Gasteiger partial charge in [-0.1, -0.05) is 24.3 Å². The molecule has 1 aromatic rings. The molecule has 1 aliphatic rings. The van der Waals surface area contributed by atoms with Crippen LogP contribution in [-0.4, -0.2) is 11.9 Å². The van der Waals surface area contributed by atoms with Crippen LogP contribution in [0.5, 0.6) is 0 Å². The van der Waals surface area contributed by atoms with Crippen molar-refractivity contribution < 1.29 is 9.59 Å². The zero-order valence-corrected chi connectivity index (χ0v) is 7.99. The third kappa shape index (κ3) is 1.76. The molecule has 0 radical (unpaired) electrons. The van der Waals surface area contributed by atoms with E-state index in [2.05, 4.69) is 10.9 Å². The summed E-state index contributed by atoms with van der Waals surface area (Å²) in [6.07, 6.45) is 0.711. The van der Waals surface area contributed by atoms with Gasteiger partial charge in [-0.3, -0.25) is 10.2 Å². The normalized spacial score (nSPS) is 17.2. The molecule has 5 heteroatoms. The Bertz CT molecular complexity index is 417. The molecule has 15 heavy (non-hydrogen) atoms. The average molecular weight is 205 g/mol. The van der Waals surface area contributed by atoms with Crippen molar-refractivity contribution in [2.75, 3.05) is 0 Å². The van der Waals surface area contributed by atoms with Crippen LogP contribution in [0.3, 0.4) is 0 Å². The van der Waals surface area contributed by atoms with Gasteiger partial charge in [0.1, 0.15) is 0 Å². The van der Waals surface area contributed by atoms with Crippen LogP contribution in [0.2, 0.25) is 0 Å². The second-order valence-corrected chi connectivity index (χ2v) is 3.43. The number of hydrazine groups is 1. The minimum absolute atomic E-state index is 0.173. The maximum atomic E-state index is 11.5. The summed E-state index contributed by atoms with van der Waals surface area (Å²) >= 11 is 0. The first kappa shape index (κ1) is 9.51. The summed E-state index contributed by atoms with van der Waals surface area (Å²) in [5, 5.41) is 0. The number of rotatable bonds is 1. The standard InChI is InChI=1S/C10H11N3O2/c11-10(15)13-12-9(14)8-5-6-3-1-2-4-7(6)8/h1-4,8H,5H2,(H,12,14)(H3,11,13,15). The molecule has 0 saturated heterocycles. The van der Waals surface area contributed by atoms with Crippen LogP contribution in [-0.2, 0) is 11.2 Å². The summed E-state index contributed by atoms with van der Waals surface area (Å²) in [6.45, 7) is 0. The zero-order chi connectivity index (χ0) is 10.8. The van der Waals surface area contributed by atoms with Crippen LogP contribution in [0.15, 0.2) is 24.3 Å². The van der Waals surface area contributed by atoms with Crippen LogP contribution >= 0.6 is 0 Å². The Morgan fingerprint density at radius 2 is 2.00 bits per heavy atom. The Labute approximate surface area is 86.6 Å². The molecule has 2 rings (SSSR count). The lowest BCUT2D eigenvalue weighted by Crippen LogP contribution is -2.48. The number of amides is 3. The number of nitrogens with one attached hydrogen (secondary N) is 2. The van der Waals surface area contributed by atoms with Gasteiger partial charge in [0.05, 0.1) is 5.92 Å². The zero-order valence-electron chi connectivity index (χ0n) is 7.99. The van der Waals surface area contributed by atoms with Gasteiger partial charge in [-0.25, -0.2) is 10.2 Å². The lowest BCUT2D eigenvalue weighted by molar-refractivity contribution is -0.123. The molecule has 0 spiro atoms. The first-order chi connectivity index (χ1) is 7.18. The molecule has 0 fully saturated rings. The van der Waals surface area contributed by atoms with E-state index >= 15 is 0 Å². The number of urea groups is 1. The molecule has 0 saturated carbocycles. The van der Waals surface area contributed by atoms with Gasteiger partial charge in [-0.2, -0.15) is 0 Å². The summed E-state index contributed by atoms with van der Waals surface area (Å²) < 4.78 is 0. The topological polar surface area (TPSA) is 84.2 Å². The van der Waals surface area contributed by atoms with Crippen LogP contribution in [0, 0.1) is 0 Å². The third-order valence-electron chi connectivity index (χ3n) is 2.48. The third-order valence-corrected chi connectivity index (χ3v) is 2.48. The van der Waals surface area contributed by atoms with Crippen molar-refractivity contribution >= 4 is 11.9 Å². The number of hydrogen-bond acceptors (Lipinski definition) is 2. The van der Waals surface area contributed by atoms with Gasteiger partial charge in [0.25, 0.3) is 0 Å². The van der Waals surface area contributed by atoms with Crippen LogP contribution < -0.4 is 16.6 Å². The van der Waals surface area contributed by atoms with Crippen molar-refractivity contribution in [1.82, 2.24) is 10.9 Å². The minimum Gasteiger partial charge on any atom is -0.350 e. The molecule has 4 N–H and O–H groups in total. The molecule has 5 nitrogen and oxygen atoms in total. The smallest absolute Gasteiger partial charge is 0.330 e. The highest BCUT2D eigenvalue weighted by atomic mass is 16.2. The molecule has 3 amide bonds. The number of nitrogens with two attached hydrogens (primary N) is 1. The second kappa shape index (κ2) is 3.61. The van der Waals surface area contributed by atoms with Gasteiger partial charge in [0.2, 0.25) is 5.91 Å². The van der Waals surface area contributed by atoms with E-state index in [-0.39, 0.29) is 11.8 Å². The molecule has 1 atom stereocenters. The van der Waals surface area contributed by atoms with Crippen LogP contribution in [0.25, 0.3) is 0 Å². The van der Waals surface area contributed by atoms with E-state index in [0.29, 0.717) is 6.42 Å². The Morgan fingerprint density at radius 1 is 1.27 bits per heavy atom. The van der Waals surface area contributed by atoms with E-state index in [1.807, 2.05) is 24.3 Å². The van der Waals surface area contributed by atoms with Gasteiger partial charge in [-0.15, -0.1) is 0 Å². The Kier molecular flexibility index (Phi) is 2.29. The SMILES string of the molecule is NC(=O)NNC(=O)C1Cc2ccccc21. The molecule has 1 unspecified atom stereocenters. The van der Waals surface area contributed by atoms with Gasteiger partial charge < -0.3 is 5.73 Å². The molecule has 1 aliphatic carbocycles. The molecule has 0 bridgehead atoms. The van der Waals surface area contributed by atoms with Crippen molar-refractivity contribution in [1.29, 1.82) is 0 Å². The fourth-order valence-electron chi connectivity index (χ4n) is 1.70. The number of carbonyl (C=O) groups is 2. The largest absolute Gasteiger partial charge is 0.350 e. The molecule has 1 aromatic carbocycles. The maximum Gasteiger partial charge on any atom is 0.330 e. The van der Waals surface area contributed by atoms with Crippen molar-refractivity contribution in [3.05, 3.63) is 35.4 Å². The van der Waals surface area contributed by atoms with E-state index in [1.165, 1.54) is 5.56 Å². The number of fused-ring (bicyclic) bond motifs is 1. The van der Waals surface area contributed by atoms with Crippen molar-refractivity contribution in [2.45, 2.75) is 12.3 Å². The Morgan fingerprint density at radius 3 is 2.67 bits per heavy atom. The first-order valence-electron chi connectivity index (χ1n) is 4.61. The minimum atomic E-state index is -0.768.